The van der Waals surface area contributed by atoms with Crippen molar-refractivity contribution in [2.75, 3.05) is 38.6 Å². The third kappa shape index (κ3) is 9.06. The summed E-state index contributed by atoms with van der Waals surface area (Å²) < 4.78 is 4.68. The van der Waals surface area contributed by atoms with Crippen LogP contribution in [0.25, 0.3) is 0 Å². The summed E-state index contributed by atoms with van der Waals surface area (Å²) in [5.41, 5.74) is 20.5. The number of esters is 1. The zero-order valence-corrected chi connectivity index (χ0v) is 20.0. The Morgan fingerprint density at radius 1 is 1.18 bits per heavy atom. The van der Waals surface area contributed by atoms with Crippen molar-refractivity contribution in [2.24, 2.45) is 22.2 Å². The van der Waals surface area contributed by atoms with E-state index in [4.69, 9.17) is 17.2 Å². The number of amides is 1. The maximum Gasteiger partial charge on any atom is 0.323 e. The molecular formula is C24H37N7O3. The number of hydrogen-bond donors (Lipinski definition) is 5. The Bertz CT molecular complexity index is 933. The summed E-state index contributed by atoms with van der Waals surface area (Å²) in [4.78, 5) is 33.2. The van der Waals surface area contributed by atoms with E-state index in [1.807, 2.05) is 12.1 Å². The van der Waals surface area contributed by atoms with Crippen LogP contribution < -0.4 is 22.5 Å². The van der Waals surface area contributed by atoms with E-state index in [0.717, 1.165) is 38.2 Å². The number of aromatic nitrogens is 1. The van der Waals surface area contributed by atoms with Gasteiger partial charge < -0.3 is 32.2 Å². The standard InChI is InChI=1S/C24H37N7O3/c1-17(32)29-23-19(13-21(30-23)14-22(27)24(33)34-2)15-28-20-7-5-18(6-8-20)16-31(11-3-9-25)12-4-10-26/h5-8,13,15,22,30H,3-4,9-12,14,16,25-27H2,1-2H3,(H,29,32). The highest BCUT2D eigenvalue weighted by Gasteiger charge is 2.17. The van der Waals surface area contributed by atoms with E-state index in [1.54, 1.807) is 12.3 Å². The fourth-order valence-electron chi connectivity index (χ4n) is 3.48. The van der Waals surface area contributed by atoms with Crippen molar-refractivity contribution in [3.05, 3.63) is 47.2 Å². The molecule has 0 saturated heterocycles. The van der Waals surface area contributed by atoms with Crippen LogP contribution in [-0.2, 0) is 27.3 Å². The predicted molar refractivity (Wildman–Crippen MR) is 135 cm³/mol. The Hall–Kier alpha value is -3.05. The highest BCUT2D eigenvalue weighted by atomic mass is 16.5. The minimum atomic E-state index is -0.805. The van der Waals surface area contributed by atoms with Gasteiger partial charge in [0, 0.05) is 37.4 Å². The van der Waals surface area contributed by atoms with Gasteiger partial charge in [0.2, 0.25) is 5.91 Å². The second-order valence-corrected chi connectivity index (χ2v) is 8.13. The number of benzene rings is 1. The van der Waals surface area contributed by atoms with E-state index in [1.165, 1.54) is 19.6 Å². The molecule has 1 unspecified atom stereocenters. The second-order valence-electron chi connectivity index (χ2n) is 8.13. The quantitative estimate of drug-likeness (QED) is 0.204. The van der Waals surface area contributed by atoms with Gasteiger partial charge in [-0.05, 0) is 62.8 Å². The molecule has 1 heterocycles. The highest BCUT2D eigenvalue weighted by molar-refractivity contribution is 5.96. The van der Waals surface area contributed by atoms with Gasteiger partial charge in [-0.1, -0.05) is 12.1 Å². The van der Waals surface area contributed by atoms with Crippen molar-refractivity contribution < 1.29 is 14.3 Å². The van der Waals surface area contributed by atoms with Gasteiger partial charge >= 0.3 is 5.97 Å². The lowest BCUT2D eigenvalue weighted by Crippen LogP contribution is -2.33. The Balaban J connectivity index is 2.10. The molecule has 1 aromatic carbocycles. The average Bonchev–Trinajstić information content (AvgIpc) is 3.19. The third-order valence-electron chi connectivity index (χ3n) is 5.20. The third-order valence-corrected chi connectivity index (χ3v) is 5.20. The Kier molecular flexibility index (Phi) is 11.4. The zero-order chi connectivity index (χ0) is 24.9. The molecule has 0 aliphatic carbocycles. The molecule has 10 heteroatoms. The highest BCUT2D eigenvalue weighted by Crippen LogP contribution is 2.19. The molecule has 0 aliphatic rings. The largest absolute Gasteiger partial charge is 0.468 e. The summed E-state index contributed by atoms with van der Waals surface area (Å²) in [5, 5.41) is 2.74. The number of H-pyrrole nitrogens is 1. The molecule has 2 aromatic rings. The lowest BCUT2D eigenvalue weighted by Gasteiger charge is -2.22. The van der Waals surface area contributed by atoms with Crippen LogP contribution in [-0.4, -0.2) is 67.3 Å². The molecule has 0 aliphatic heterocycles. The molecule has 1 atom stereocenters. The van der Waals surface area contributed by atoms with Gasteiger partial charge in [-0.2, -0.15) is 0 Å². The summed E-state index contributed by atoms with van der Waals surface area (Å²) in [6, 6.07) is 9.01. The van der Waals surface area contributed by atoms with Gasteiger partial charge in [-0.15, -0.1) is 0 Å². The lowest BCUT2D eigenvalue weighted by molar-refractivity contribution is -0.142. The smallest absolute Gasteiger partial charge is 0.323 e. The van der Waals surface area contributed by atoms with Crippen molar-refractivity contribution in [1.82, 2.24) is 9.88 Å². The van der Waals surface area contributed by atoms with Crippen LogP contribution >= 0.6 is 0 Å². The number of anilines is 1. The molecule has 1 amide bonds. The van der Waals surface area contributed by atoms with Crippen LogP contribution in [0.4, 0.5) is 11.5 Å². The molecule has 1 aromatic heterocycles. The molecule has 0 bridgehead atoms. The molecule has 0 fully saturated rings. The van der Waals surface area contributed by atoms with E-state index in [0.29, 0.717) is 30.2 Å². The number of nitrogens with zero attached hydrogens (tertiary/aromatic N) is 2. The Morgan fingerprint density at radius 2 is 1.82 bits per heavy atom. The summed E-state index contributed by atoms with van der Waals surface area (Å²) in [7, 11) is 1.29. The van der Waals surface area contributed by atoms with Gasteiger partial charge in [0.1, 0.15) is 11.9 Å². The summed E-state index contributed by atoms with van der Waals surface area (Å²) in [5.74, 6) is -0.232. The average molecular weight is 472 g/mol. The molecule has 186 valence electrons. The second kappa shape index (κ2) is 14.3. The molecule has 10 nitrogen and oxygen atoms in total. The molecule has 8 N–H and O–H groups in total. The number of nitrogens with one attached hydrogen (secondary N) is 2. The molecular weight excluding hydrogens is 434 g/mol. The summed E-state index contributed by atoms with van der Waals surface area (Å²) >= 11 is 0. The van der Waals surface area contributed by atoms with Crippen molar-refractivity contribution in [3.63, 3.8) is 0 Å². The number of methoxy groups -OCH3 is 1. The van der Waals surface area contributed by atoms with Crippen LogP contribution in [0.5, 0.6) is 0 Å². The maximum atomic E-state index is 11.6. The number of carbonyl (C=O) groups excluding carboxylic acids is 2. The maximum absolute atomic E-state index is 11.6. The summed E-state index contributed by atoms with van der Waals surface area (Å²) in [6.45, 7) is 5.48. The Labute approximate surface area is 200 Å². The first-order valence-electron chi connectivity index (χ1n) is 11.4. The fraction of sp³-hybridized carbons (Fsp3) is 0.458. The van der Waals surface area contributed by atoms with Gasteiger partial charge in [-0.25, -0.2) is 0 Å². The topological polar surface area (TPSA) is 165 Å². The van der Waals surface area contributed by atoms with Crippen LogP contribution in [0.15, 0.2) is 35.3 Å². The first kappa shape index (κ1) is 27.2. The number of carbonyl (C=O) groups is 2. The number of aromatic amines is 1. The van der Waals surface area contributed by atoms with Crippen molar-refractivity contribution >= 4 is 29.6 Å². The zero-order valence-electron chi connectivity index (χ0n) is 20.0. The first-order valence-corrected chi connectivity index (χ1v) is 11.4. The first-order chi connectivity index (χ1) is 16.4. The van der Waals surface area contributed by atoms with Gasteiger partial charge in [0.25, 0.3) is 0 Å². The molecule has 0 radical (unpaired) electrons. The number of rotatable bonds is 14. The molecule has 2 rings (SSSR count). The minimum absolute atomic E-state index is 0.224. The van der Waals surface area contributed by atoms with Crippen LogP contribution in [0.1, 0.15) is 36.6 Å². The molecule has 0 spiro atoms. The van der Waals surface area contributed by atoms with Gasteiger partial charge in [-0.3, -0.25) is 19.5 Å². The van der Waals surface area contributed by atoms with E-state index in [9.17, 15) is 9.59 Å². The number of nitrogens with two attached hydrogens (primary N) is 3. The monoisotopic (exact) mass is 471 g/mol. The summed E-state index contributed by atoms with van der Waals surface area (Å²) in [6.07, 6.45) is 3.81. The van der Waals surface area contributed by atoms with Crippen LogP contribution in [0.3, 0.4) is 0 Å². The number of hydrogen-bond acceptors (Lipinski definition) is 8. The molecule has 34 heavy (non-hydrogen) atoms. The molecule has 0 saturated carbocycles. The number of aliphatic imine (C=N–C) groups is 1. The number of ether oxygens (including phenoxy) is 1. The fourth-order valence-corrected chi connectivity index (χ4v) is 3.48. The minimum Gasteiger partial charge on any atom is -0.468 e. The predicted octanol–water partition coefficient (Wildman–Crippen LogP) is 1.27. The van der Waals surface area contributed by atoms with E-state index in [-0.39, 0.29) is 12.3 Å². The van der Waals surface area contributed by atoms with Crippen molar-refractivity contribution in [2.45, 2.75) is 38.8 Å². The van der Waals surface area contributed by atoms with Crippen LogP contribution in [0, 0.1) is 0 Å². The van der Waals surface area contributed by atoms with E-state index in [2.05, 4.69) is 37.1 Å². The van der Waals surface area contributed by atoms with Gasteiger partial charge in [0.15, 0.2) is 0 Å². The van der Waals surface area contributed by atoms with Crippen molar-refractivity contribution in [3.8, 4) is 0 Å². The SMILES string of the molecule is COC(=O)C(N)Cc1cc(C=Nc2ccc(CN(CCCN)CCCN)cc2)c(NC(C)=O)[nH]1. The lowest BCUT2D eigenvalue weighted by atomic mass is 10.1. The van der Waals surface area contributed by atoms with Crippen molar-refractivity contribution in [1.29, 1.82) is 0 Å². The normalized spacial score (nSPS) is 12.3. The van der Waals surface area contributed by atoms with E-state index >= 15 is 0 Å². The van der Waals surface area contributed by atoms with Crippen LogP contribution in [0.2, 0.25) is 0 Å². The van der Waals surface area contributed by atoms with Gasteiger partial charge in [0.05, 0.1) is 12.8 Å². The Morgan fingerprint density at radius 3 is 2.38 bits per heavy atom. The van der Waals surface area contributed by atoms with E-state index < -0.39 is 12.0 Å².